The molecule has 0 saturated carbocycles. The summed E-state index contributed by atoms with van der Waals surface area (Å²) in [6, 6.07) is 17.7. The van der Waals surface area contributed by atoms with Crippen LogP contribution in [-0.4, -0.2) is 28.9 Å². The van der Waals surface area contributed by atoms with E-state index in [1.807, 2.05) is 49.5 Å². The normalized spacial score (nSPS) is 11.4. The van der Waals surface area contributed by atoms with Crippen LogP contribution in [0.15, 0.2) is 66.9 Å². The number of hydrogen-bond acceptors (Lipinski definition) is 3. The standard InChI is InChI=1S/C23H25F2N3/c1-27(15-19-7-3-5-9-22(19)24)14-18-11-12-21(26-13-18)17-28(2)16-20-8-4-6-10-23(20)25/h3-13H,14-17H2,1-2H3. The number of hydrogen-bond donors (Lipinski definition) is 0. The van der Waals surface area contributed by atoms with E-state index in [1.54, 1.807) is 24.3 Å². The average Bonchev–Trinajstić information content (AvgIpc) is 2.67. The molecule has 3 nitrogen and oxygen atoms in total. The van der Waals surface area contributed by atoms with Gasteiger partial charge in [-0.15, -0.1) is 0 Å². The molecule has 0 aliphatic carbocycles. The molecular formula is C23H25F2N3. The van der Waals surface area contributed by atoms with Crippen molar-refractivity contribution in [1.82, 2.24) is 14.8 Å². The molecule has 0 atom stereocenters. The second kappa shape index (κ2) is 9.53. The molecule has 146 valence electrons. The van der Waals surface area contributed by atoms with Crippen molar-refractivity contribution in [2.24, 2.45) is 0 Å². The molecular weight excluding hydrogens is 356 g/mol. The minimum absolute atomic E-state index is 0.180. The maximum atomic E-state index is 13.8. The van der Waals surface area contributed by atoms with Crippen LogP contribution in [0, 0.1) is 11.6 Å². The zero-order chi connectivity index (χ0) is 19.9. The van der Waals surface area contributed by atoms with Crippen LogP contribution in [0.2, 0.25) is 0 Å². The molecule has 3 rings (SSSR count). The molecule has 3 aromatic rings. The third-order valence-corrected chi connectivity index (χ3v) is 4.57. The van der Waals surface area contributed by atoms with Gasteiger partial charge in [0.1, 0.15) is 11.6 Å². The quantitative estimate of drug-likeness (QED) is 0.567. The molecule has 1 aromatic heterocycles. The van der Waals surface area contributed by atoms with E-state index in [-0.39, 0.29) is 11.6 Å². The van der Waals surface area contributed by atoms with Crippen LogP contribution in [0.3, 0.4) is 0 Å². The molecule has 5 heteroatoms. The predicted molar refractivity (Wildman–Crippen MR) is 107 cm³/mol. The van der Waals surface area contributed by atoms with E-state index < -0.39 is 0 Å². The summed E-state index contributed by atoms with van der Waals surface area (Å²) in [5, 5.41) is 0. The molecule has 0 aliphatic rings. The Bertz CT molecular complexity index is 822. The lowest BCUT2D eigenvalue weighted by molar-refractivity contribution is 0.307. The zero-order valence-electron chi connectivity index (χ0n) is 16.3. The minimum atomic E-state index is -0.185. The maximum absolute atomic E-state index is 13.8. The first-order chi connectivity index (χ1) is 13.5. The highest BCUT2D eigenvalue weighted by Gasteiger charge is 2.08. The Kier molecular flexibility index (Phi) is 6.85. The summed E-state index contributed by atoms with van der Waals surface area (Å²) in [6.07, 6.45) is 1.85. The monoisotopic (exact) mass is 381 g/mol. The first-order valence-electron chi connectivity index (χ1n) is 9.29. The van der Waals surface area contributed by atoms with Gasteiger partial charge in [0.05, 0.1) is 5.69 Å². The van der Waals surface area contributed by atoms with Gasteiger partial charge in [0.2, 0.25) is 0 Å². The topological polar surface area (TPSA) is 19.4 Å². The van der Waals surface area contributed by atoms with Gasteiger partial charge < -0.3 is 0 Å². The SMILES string of the molecule is CN(Cc1ccc(CN(C)Cc2ccccc2F)nc1)Cc1ccccc1F. The van der Waals surface area contributed by atoms with Gasteiger partial charge in [0, 0.05) is 43.5 Å². The summed E-state index contributed by atoms with van der Waals surface area (Å²) in [7, 11) is 3.91. The highest BCUT2D eigenvalue weighted by Crippen LogP contribution is 2.13. The number of nitrogens with zero attached hydrogens (tertiary/aromatic N) is 3. The first kappa shape index (κ1) is 20.1. The fourth-order valence-corrected chi connectivity index (χ4v) is 3.18. The van der Waals surface area contributed by atoms with Gasteiger partial charge in [-0.25, -0.2) is 8.78 Å². The molecule has 0 saturated heterocycles. The summed E-state index contributed by atoms with van der Waals surface area (Å²) >= 11 is 0. The molecule has 1 heterocycles. The summed E-state index contributed by atoms with van der Waals surface area (Å²) in [4.78, 5) is 8.61. The molecule has 0 N–H and O–H groups in total. The lowest BCUT2D eigenvalue weighted by Gasteiger charge is -2.18. The second-order valence-corrected chi connectivity index (χ2v) is 7.19. The summed E-state index contributed by atoms with van der Waals surface area (Å²) in [5.74, 6) is -0.365. The third-order valence-electron chi connectivity index (χ3n) is 4.57. The van der Waals surface area contributed by atoms with Crippen LogP contribution in [-0.2, 0) is 26.2 Å². The van der Waals surface area contributed by atoms with Crippen molar-refractivity contribution in [3.63, 3.8) is 0 Å². The van der Waals surface area contributed by atoms with Crippen LogP contribution in [0.1, 0.15) is 22.4 Å². The Morgan fingerprint density at radius 1 is 0.679 bits per heavy atom. The smallest absolute Gasteiger partial charge is 0.127 e. The van der Waals surface area contributed by atoms with Crippen LogP contribution in [0.5, 0.6) is 0 Å². The zero-order valence-corrected chi connectivity index (χ0v) is 16.3. The molecule has 0 aliphatic heterocycles. The third kappa shape index (κ3) is 5.68. The molecule has 28 heavy (non-hydrogen) atoms. The van der Waals surface area contributed by atoms with Crippen molar-refractivity contribution in [3.05, 3.63) is 101 Å². The summed E-state index contributed by atoms with van der Waals surface area (Å²) in [5.41, 5.74) is 3.36. The number of rotatable bonds is 8. The van der Waals surface area contributed by atoms with Gasteiger partial charge in [0.25, 0.3) is 0 Å². The van der Waals surface area contributed by atoms with E-state index in [0.717, 1.165) is 11.3 Å². The average molecular weight is 381 g/mol. The summed E-state index contributed by atoms with van der Waals surface area (Å²) in [6.45, 7) is 2.40. The number of halogens is 2. The van der Waals surface area contributed by atoms with Gasteiger partial charge in [0.15, 0.2) is 0 Å². The fourth-order valence-electron chi connectivity index (χ4n) is 3.18. The molecule has 0 radical (unpaired) electrons. The maximum Gasteiger partial charge on any atom is 0.127 e. The Morgan fingerprint density at radius 2 is 1.21 bits per heavy atom. The molecule has 0 bridgehead atoms. The molecule has 0 unspecified atom stereocenters. The Balaban J connectivity index is 1.53. The minimum Gasteiger partial charge on any atom is -0.298 e. The number of benzene rings is 2. The van der Waals surface area contributed by atoms with Crippen molar-refractivity contribution in [2.45, 2.75) is 26.2 Å². The van der Waals surface area contributed by atoms with Crippen LogP contribution in [0.25, 0.3) is 0 Å². The van der Waals surface area contributed by atoms with Gasteiger partial charge in [-0.1, -0.05) is 42.5 Å². The van der Waals surface area contributed by atoms with E-state index in [2.05, 4.69) is 9.88 Å². The lowest BCUT2D eigenvalue weighted by Crippen LogP contribution is -2.20. The van der Waals surface area contributed by atoms with Crippen LogP contribution >= 0.6 is 0 Å². The Hall–Kier alpha value is -2.63. The Morgan fingerprint density at radius 3 is 1.71 bits per heavy atom. The largest absolute Gasteiger partial charge is 0.298 e. The van der Waals surface area contributed by atoms with Crippen molar-refractivity contribution in [2.75, 3.05) is 14.1 Å². The van der Waals surface area contributed by atoms with E-state index >= 15 is 0 Å². The van der Waals surface area contributed by atoms with E-state index in [9.17, 15) is 8.78 Å². The van der Waals surface area contributed by atoms with Crippen molar-refractivity contribution in [3.8, 4) is 0 Å². The second-order valence-electron chi connectivity index (χ2n) is 7.19. The molecule has 0 spiro atoms. The van der Waals surface area contributed by atoms with Gasteiger partial charge in [-0.3, -0.25) is 14.8 Å². The molecule has 0 fully saturated rings. The highest BCUT2D eigenvalue weighted by molar-refractivity contribution is 5.19. The van der Waals surface area contributed by atoms with Gasteiger partial charge in [-0.05, 0) is 37.9 Å². The number of pyridine rings is 1. The fraction of sp³-hybridized carbons (Fsp3) is 0.261. The Labute approximate surface area is 165 Å². The molecule has 0 amide bonds. The first-order valence-corrected chi connectivity index (χ1v) is 9.29. The van der Waals surface area contributed by atoms with E-state index in [0.29, 0.717) is 37.3 Å². The summed E-state index contributed by atoms with van der Waals surface area (Å²) < 4.78 is 27.6. The number of aromatic nitrogens is 1. The van der Waals surface area contributed by atoms with Crippen LogP contribution in [0.4, 0.5) is 8.78 Å². The van der Waals surface area contributed by atoms with Crippen molar-refractivity contribution >= 4 is 0 Å². The van der Waals surface area contributed by atoms with E-state index in [4.69, 9.17) is 0 Å². The molecule has 2 aromatic carbocycles. The lowest BCUT2D eigenvalue weighted by atomic mass is 10.2. The van der Waals surface area contributed by atoms with E-state index in [1.165, 1.54) is 12.1 Å². The van der Waals surface area contributed by atoms with Gasteiger partial charge in [-0.2, -0.15) is 0 Å². The van der Waals surface area contributed by atoms with Gasteiger partial charge >= 0.3 is 0 Å². The van der Waals surface area contributed by atoms with Crippen molar-refractivity contribution < 1.29 is 8.78 Å². The predicted octanol–water partition coefficient (Wildman–Crippen LogP) is 4.62. The highest BCUT2D eigenvalue weighted by atomic mass is 19.1. The van der Waals surface area contributed by atoms with Crippen molar-refractivity contribution in [1.29, 1.82) is 0 Å². The van der Waals surface area contributed by atoms with Crippen LogP contribution < -0.4 is 0 Å².